The Hall–Kier alpha value is -4.46. The van der Waals surface area contributed by atoms with Crippen molar-refractivity contribution in [3.05, 3.63) is 97.1 Å². The third kappa shape index (κ3) is 4.68. The molecule has 0 saturated heterocycles. The number of anilines is 3. The number of carbonyl (C=O) groups is 2. The van der Waals surface area contributed by atoms with Crippen LogP contribution in [0.1, 0.15) is 10.4 Å². The van der Waals surface area contributed by atoms with Crippen LogP contribution in [0.25, 0.3) is 5.69 Å². The molecular formula is C22H18N6O2. The van der Waals surface area contributed by atoms with Gasteiger partial charge < -0.3 is 16.0 Å². The molecule has 0 saturated carbocycles. The van der Waals surface area contributed by atoms with Crippen molar-refractivity contribution in [1.82, 2.24) is 14.8 Å². The molecule has 0 radical (unpaired) electrons. The van der Waals surface area contributed by atoms with Crippen molar-refractivity contribution in [2.75, 3.05) is 16.0 Å². The third-order valence-electron chi connectivity index (χ3n) is 4.22. The second kappa shape index (κ2) is 8.70. The summed E-state index contributed by atoms with van der Waals surface area (Å²) in [7, 11) is 0. The molecule has 0 atom stereocenters. The Morgan fingerprint density at radius 3 is 2.10 bits per heavy atom. The van der Waals surface area contributed by atoms with Crippen LogP contribution in [-0.4, -0.2) is 26.7 Å². The highest BCUT2D eigenvalue weighted by Gasteiger charge is 2.08. The highest BCUT2D eigenvalue weighted by Crippen LogP contribution is 2.17. The number of urea groups is 1. The molecule has 1 heterocycles. The monoisotopic (exact) mass is 398 g/mol. The van der Waals surface area contributed by atoms with Crippen LogP contribution in [0.3, 0.4) is 0 Å². The van der Waals surface area contributed by atoms with Gasteiger partial charge in [0.05, 0.1) is 5.69 Å². The fraction of sp³-hybridized carbons (Fsp3) is 0. The Labute approximate surface area is 172 Å². The van der Waals surface area contributed by atoms with Crippen LogP contribution in [0, 0.1) is 0 Å². The molecule has 0 fully saturated rings. The number of amides is 3. The molecular weight excluding hydrogens is 380 g/mol. The minimum Gasteiger partial charge on any atom is -0.322 e. The van der Waals surface area contributed by atoms with E-state index < -0.39 is 0 Å². The molecule has 3 amide bonds. The average Bonchev–Trinajstić information content (AvgIpc) is 3.30. The Kier molecular flexibility index (Phi) is 5.47. The van der Waals surface area contributed by atoms with E-state index in [9.17, 15) is 9.59 Å². The molecule has 0 bridgehead atoms. The first-order valence-electron chi connectivity index (χ1n) is 9.17. The van der Waals surface area contributed by atoms with Gasteiger partial charge in [-0.25, -0.2) is 14.5 Å². The van der Waals surface area contributed by atoms with Crippen molar-refractivity contribution in [3.63, 3.8) is 0 Å². The van der Waals surface area contributed by atoms with Crippen LogP contribution in [0.4, 0.5) is 21.9 Å². The number of hydrogen-bond acceptors (Lipinski definition) is 4. The first-order valence-corrected chi connectivity index (χ1v) is 9.17. The SMILES string of the molecule is O=C(Nc1ccccc1)Nc1cccc(NC(=O)c2ccc(-n3cncn3)cc2)c1. The van der Waals surface area contributed by atoms with Gasteiger partial charge in [0.1, 0.15) is 12.7 Å². The summed E-state index contributed by atoms with van der Waals surface area (Å²) in [6.07, 6.45) is 3.03. The largest absolute Gasteiger partial charge is 0.323 e. The van der Waals surface area contributed by atoms with Gasteiger partial charge in [0.15, 0.2) is 0 Å². The van der Waals surface area contributed by atoms with Crippen LogP contribution in [0.15, 0.2) is 91.5 Å². The van der Waals surface area contributed by atoms with E-state index in [1.807, 2.05) is 18.2 Å². The molecule has 0 spiro atoms. The lowest BCUT2D eigenvalue weighted by atomic mass is 10.2. The summed E-state index contributed by atoms with van der Waals surface area (Å²) >= 11 is 0. The summed E-state index contributed by atoms with van der Waals surface area (Å²) in [5, 5.41) is 12.4. The maximum Gasteiger partial charge on any atom is 0.323 e. The van der Waals surface area contributed by atoms with Crippen molar-refractivity contribution in [2.24, 2.45) is 0 Å². The van der Waals surface area contributed by atoms with Gasteiger partial charge in [-0.2, -0.15) is 5.10 Å². The predicted molar refractivity (Wildman–Crippen MR) is 115 cm³/mol. The molecule has 0 aliphatic heterocycles. The normalized spacial score (nSPS) is 10.3. The number of para-hydroxylation sites is 1. The van der Waals surface area contributed by atoms with Crippen molar-refractivity contribution in [3.8, 4) is 5.69 Å². The van der Waals surface area contributed by atoms with Crippen LogP contribution in [-0.2, 0) is 0 Å². The molecule has 4 aromatic rings. The van der Waals surface area contributed by atoms with Crippen molar-refractivity contribution >= 4 is 29.0 Å². The second-order valence-corrected chi connectivity index (χ2v) is 6.37. The zero-order valence-electron chi connectivity index (χ0n) is 15.8. The van der Waals surface area contributed by atoms with Gasteiger partial charge >= 0.3 is 6.03 Å². The summed E-state index contributed by atoms with van der Waals surface area (Å²) in [6, 6.07) is 22.7. The number of nitrogens with zero attached hydrogens (tertiary/aromatic N) is 3. The van der Waals surface area contributed by atoms with Gasteiger partial charge in [-0.15, -0.1) is 0 Å². The Bertz CT molecular complexity index is 1140. The summed E-state index contributed by atoms with van der Waals surface area (Å²) in [4.78, 5) is 28.6. The van der Waals surface area contributed by atoms with Gasteiger partial charge in [-0.1, -0.05) is 24.3 Å². The molecule has 148 valence electrons. The molecule has 8 heteroatoms. The van der Waals surface area contributed by atoms with E-state index in [-0.39, 0.29) is 11.9 Å². The topological polar surface area (TPSA) is 101 Å². The number of nitrogens with one attached hydrogen (secondary N) is 3. The summed E-state index contributed by atoms with van der Waals surface area (Å²) in [5.41, 5.74) is 3.12. The lowest BCUT2D eigenvalue weighted by molar-refractivity contribution is 0.102. The van der Waals surface area contributed by atoms with Crippen molar-refractivity contribution in [1.29, 1.82) is 0 Å². The molecule has 3 N–H and O–H groups in total. The summed E-state index contributed by atoms with van der Waals surface area (Å²) in [6.45, 7) is 0. The van der Waals surface area contributed by atoms with E-state index in [1.54, 1.807) is 71.7 Å². The molecule has 1 aromatic heterocycles. The summed E-state index contributed by atoms with van der Waals surface area (Å²) in [5.74, 6) is -0.258. The standard InChI is InChI=1S/C22H18N6O2/c29-21(16-9-11-20(12-10-16)28-15-23-14-24-28)25-18-7-4-8-19(13-18)27-22(30)26-17-5-2-1-3-6-17/h1-15H,(H,25,29)(H2,26,27,30). The minimum absolute atomic E-state index is 0.258. The van der Waals surface area contributed by atoms with Crippen molar-refractivity contribution in [2.45, 2.75) is 0 Å². The van der Waals surface area contributed by atoms with E-state index in [0.29, 0.717) is 22.6 Å². The molecule has 0 aliphatic rings. The molecule has 3 aromatic carbocycles. The lowest BCUT2D eigenvalue weighted by Gasteiger charge is -2.10. The van der Waals surface area contributed by atoms with Crippen LogP contribution in [0.2, 0.25) is 0 Å². The molecule has 0 unspecified atom stereocenters. The molecule has 8 nitrogen and oxygen atoms in total. The second-order valence-electron chi connectivity index (χ2n) is 6.37. The maximum absolute atomic E-state index is 12.5. The Morgan fingerprint density at radius 1 is 0.733 bits per heavy atom. The van der Waals surface area contributed by atoms with Crippen LogP contribution in [0.5, 0.6) is 0 Å². The minimum atomic E-state index is -0.367. The maximum atomic E-state index is 12.5. The van der Waals surface area contributed by atoms with E-state index in [2.05, 4.69) is 26.0 Å². The smallest absolute Gasteiger partial charge is 0.322 e. The number of carbonyl (C=O) groups excluding carboxylic acids is 2. The predicted octanol–water partition coefficient (Wildman–Crippen LogP) is 4.16. The quantitative estimate of drug-likeness (QED) is 0.470. The fourth-order valence-electron chi connectivity index (χ4n) is 2.80. The van der Waals surface area contributed by atoms with E-state index in [1.165, 1.54) is 6.33 Å². The van der Waals surface area contributed by atoms with E-state index in [0.717, 1.165) is 5.69 Å². The fourth-order valence-corrected chi connectivity index (χ4v) is 2.80. The number of rotatable bonds is 5. The Morgan fingerprint density at radius 2 is 1.40 bits per heavy atom. The number of benzene rings is 3. The van der Waals surface area contributed by atoms with Crippen LogP contribution >= 0.6 is 0 Å². The van der Waals surface area contributed by atoms with Crippen LogP contribution < -0.4 is 16.0 Å². The van der Waals surface area contributed by atoms with E-state index >= 15 is 0 Å². The number of aromatic nitrogens is 3. The molecule has 4 rings (SSSR count). The Balaban J connectivity index is 1.39. The van der Waals surface area contributed by atoms with Gasteiger partial charge in [0.25, 0.3) is 5.91 Å². The highest BCUT2D eigenvalue weighted by atomic mass is 16.2. The first-order chi connectivity index (χ1) is 14.7. The van der Waals surface area contributed by atoms with Gasteiger partial charge in [-0.3, -0.25) is 4.79 Å². The first kappa shape index (κ1) is 18.9. The highest BCUT2D eigenvalue weighted by molar-refractivity contribution is 6.05. The average molecular weight is 398 g/mol. The summed E-state index contributed by atoms with van der Waals surface area (Å²) < 4.78 is 1.61. The van der Waals surface area contributed by atoms with Gasteiger partial charge in [0.2, 0.25) is 0 Å². The van der Waals surface area contributed by atoms with Gasteiger partial charge in [-0.05, 0) is 54.6 Å². The van der Waals surface area contributed by atoms with E-state index in [4.69, 9.17) is 0 Å². The van der Waals surface area contributed by atoms with Crippen molar-refractivity contribution < 1.29 is 9.59 Å². The molecule has 30 heavy (non-hydrogen) atoms. The van der Waals surface area contributed by atoms with Gasteiger partial charge in [0, 0.05) is 22.6 Å². The number of hydrogen-bond donors (Lipinski definition) is 3. The lowest BCUT2D eigenvalue weighted by Crippen LogP contribution is -2.19. The zero-order valence-corrected chi connectivity index (χ0v) is 15.8. The third-order valence-corrected chi connectivity index (χ3v) is 4.22. The zero-order chi connectivity index (χ0) is 20.8. The molecule has 0 aliphatic carbocycles.